The van der Waals surface area contributed by atoms with E-state index in [1.54, 1.807) is 11.3 Å². The lowest BCUT2D eigenvalue weighted by molar-refractivity contribution is -0.134. The number of hydrogen-bond acceptors (Lipinski definition) is 5. The highest BCUT2D eigenvalue weighted by Crippen LogP contribution is 2.56. The lowest BCUT2D eigenvalue weighted by atomic mass is 9.92. The van der Waals surface area contributed by atoms with Gasteiger partial charge >= 0.3 is 0 Å². The number of carbonyl (C=O) groups excluding carboxylic acids is 1. The van der Waals surface area contributed by atoms with Crippen molar-refractivity contribution in [1.82, 2.24) is 15.4 Å². The van der Waals surface area contributed by atoms with Gasteiger partial charge in [-0.25, -0.2) is 0 Å². The van der Waals surface area contributed by atoms with Crippen molar-refractivity contribution in [1.29, 1.82) is 0 Å². The molecule has 5 nitrogen and oxygen atoms in total. The number of amides is 1. The van der Waals surface area contributed by atoms with Gasteiger partial charge in [-0.05, 0) is 80.9 Å². The monoisotopic (exact) mass is 373 g/mol. The molecule has 0 bridgehead atoms. The van der Waals surface area contributed by atoms with Gasteiger partial charge in [-0.15, -0.1) is 0 Å². The fourth-order valence-corrected chi connectivity index (χ4v) is 5.29. The van der Waals surface area contributed by atoms with Crippen LogP contribution in [0, 0.1) is 19.3 Å². The van der Waals surface area contributed by atoms with E-state index in [2.05, 4.69) is 32.2 Å². The number of nitrogens with zero attached hydrogens (tertiary/aromatic N) is 2. The van der Waals surface area contributed by atoms with Crippen LogP contribution in [0.25, 0.3) is 0 Å². The molecule has 4 rings (SSSR count). The first-order chi connectivity index (χ1) is 12.5. The molecule has 3 heterocycles. The Morgan fingerprint density at radius 3 is 2.85 bits per heavy atom. The molecule has 2 aromatic rings. The standard InChI is InChI=1S/C20H27N3O2S/c1-13(18-14(2)22-25-15(18)3)19(24)23(11-16-4-9-26-12-16)17-10-20(17)5-7-21-8-6-20/h4,9,12-13,17,21H,5-8,10-11H2,1-3H3/t13-,17-/m1/s1. The molecule has 2 fully saturated rings. The van der Waals surface area contributed by atoms with Crippen LogP contribution in [0.15, 0.2) is 21.3 Å². The molecule has 1 N–H and O–H groups in total. The summed E-state index contributed by atoms with van der Waals surface area (Å²) in [4.78, 5) is 15.7. The Morgan fingerprint density at radius 2 is 2.23 bits per heavy atom. The Bertz CT molecular complexity index is 758. The Labute approximate surface area is 158 Å². The van der Waals surface area contributed by atoms with Gasteiger partial charge in [0.25, 0.3) is 0 Å². The second kappa shape index (κ2) is 6.82. The van der Waals surface area contributed by atoms with E-state index in [1.807, 2.05) is 20.8 Å². The Kier molecular flexibility index (Phi) is 4.65. The lowest BCUT2D eigenvalue weighted by Crippen LogP contribution is -2.40. The van der Waals surface area contributed by atoms with Crippen LogP contribution in [0.1, 0.15) is 54.7 Å². The molecule has 1 aliphatic heterocycles. The van der Waals surface area contributed by atoms with E-state index in [-0.39, 0.29) is 11.8 Å². The number of piperidine rings is 1. The van der Waals surface area contributed by atoms with Gasteiger partial charge in [0.15, 0.2) is 0 Å². The molecule has 0 radical (unpaired) electrons. The predicted octanol–water partition coefficient (Wildman–Crippen LogP) is 3.63. The van der Waals surface area contributed by atoms with Crippen molar-refractivity contribution in [3.05, 3.63) is 39.4 Å². The van der Waals surface area contributed by atoms with Crippen molar-refractivity contribution >= 4 is 17.2 Å². The second-order valence-corrected chi connectivity index (χ2v) is 8.67. The first-order valence-electron chi connectivity index (χ1n) is 9.47. The van der Waals surface area contributed by atoms with Crippen molar-refractivity contribution < 1.29 is 9.32 Å². The van der Waals surface area contributed by atoms with Gasteiger partial charge in [0.2, 0.25) is 5.91 Å². The van der Waals surface area contributed by atoms with Crippen LogP contribution in [-0.4, -0.2) is 35.1 Å². The number of rotatable bonds is 5. The molecule has 2 atom stereocenters. The minimum atomic E-state index is -0.223. The third-order valence-electron chi connectivity index (χ3n) is 6.23. The largest absolute Gasteiger partial charge is 0.361 e. The summed E-state index contributed by atoms with van der Waals surface area (Å²) >= 11 is 1.69. The summed E-state index contributed by atoms with van der Waals surface area (Å²) in [5.41, 5.74) is 3.33. The van der Waals surface area contributed by atoms with Crippen molar-refractivity contribution in [3.63, 3.8) is 0 Å². The average molecular weight is 374 g/mol. The highest BCUT2D eigenvalue weighted by atomic mass is 32.1. The van der Waals surface area contributed by atoms with E-state index in [1.165, 1.54) is 18.4 Å². The predicted molar refractivity (Wildman–Crippen MR) is 102 cm³/mol. The minimum Gasteiger partial charge on any atom is -0.361 e. The summed E-state index contributed by atoms with van der Waals surface area (Å²) in [6.45, 7) is 8.65. The van der Waals surface area contributed by atoms with Gasteiger partial charge in [0.05, 0.1) is 11.6 Å². The van der Waals surface area contributed by atoms with Crippen LogP contribution >= 0.6 is 11.3 Å². The highest BCUT2D eigenvalue weighted by Gasteiger charge is 2.58. The number of carbonyl (C=O) groups is 1. The number of nitrogens with one attached hydrogen (secondary N) is 1. The van der Waals surface area contributed by atoms with E-state index in [9.17, 15) is 4.79 Å². The van der Waals surface area contributed by atoms with Crippen molar-refractivity contribution in [2.45, 2.75) is 58.5 Å². The maximum Gasteiger partial charge on any atom is 0.230 e. The molecule has 140 valence electrons. The quantitative estimate of drug-likeness (QED) is 0.869. The molecule has 1 saturated carbocycles. The van der Waals surface area contributed by atoms with Crippen LogP contribution in [0.3, 0.4) is 0 Å². The van der Waals surface area contributed by atoms with Crippen LogP contribution in [0.4, 0.5) is 0 Å². The molecule has 1 saturated heterocycles. The maximum absolute atomic E-state index is 13.5. The Hall–Kier alpha value is -1.66. The first-order valence-corrected chi connectivity index (χ1v) is 10.4. The van der Waals surface area contributed by atoms with Gasteiger partial charge in [-0.1, -0.05) is 5.16 Å². The average Bonchev–Trinajstić information content (AvgIpc) is 2.99. The number of aromatic nitrogens is 1. The highest BCUT2D eigenvalue weighted by molar-refractivity contribution is 7.07. The number of aryl methyl sites for hydroxylation is 2. The zero-order chi connectivity index (χ0) is 18.3. The van der Waals surface area contributed by atoms with Crippen LogP contribution in [-0.2, 0) is 11.3 Å². The van der Waals surface area contributed by atoms with E-state index >= 15 is 0 Å². The zero-order valence-electron chi connectivity index (χ0n) is 15.7. The van der Waals surface area contributed by atoms with Gasteiger partial charge in [0.1, 0.15) is 5.76 Å². The summed E-state index contributed by atoms with van der Waals surface area (Å²) < 4.78 is 5.31. The molecule has 0 aromatic carbocycles. The maximum atomic E-state index is 13.5. The molecule has 1 spiro atoms. The minimum absolute atomic E-state index is 0.200. The van der Waals surface area contributed by atoms with Gasteiger partial charge in [0, 0.05) is 18.2 Å². The molecular formula is C20H27N3O2S. The van der Waals surface area contributed by atoms with E-state index in [0.29, 0.717) is 18.0 Å². The topological polar surface area (TPSA) is 58.4 Å². The third kappa shape index (κ3) is 3.09. The fraction of sp³-hybridized carbons (Fsp3) is 0.600. The summed E-state index contributed by atoms with van der Waals surface area (Å²) in [5.74, 6) is 0.733. The van der Waals surface area contributed by atoms with Crippen molar-refractivity contribution in [3.8, 4) is 0 Å². The fourth-order valence-electron chi connectivity index (χ4n) is 4.63. The van der Waals surface area contributed by atoms with Crippen LogP contribution in [0.5, 0.6) is 0 Å². The molecule has 0 unspecified atom stereocenters. The summed E-state index contributed by atoms with van der Waals surface area (Å²) in [5, 5.41) is 11.7. The van der Waals surface area contributed by atoms with Crippen molar-refractivity contribution in [2.24, 2.45) is 5.41 Å². The van der Waals surface area contributed by atoms with Gasteiger partial charge in [-0.3, -0.25) is 4.79 Å². The normalized spacial score (nSPS) is 22.3. The molecule has 26 heavy (non-hydrogen) atoms. The van der Waals surface area contributed by atoms with E-state index in [4.69, 9.17) is 4.52 Å². The lowest BCUT2D eigenvalue weighted by Gasteiger charge is -2.31. The van der Waals surface area contributed by atoms with Crippen LogP contribution in [0.2, 0.25) is 0 Å². The number of hydrogen-bond donors (Lipinski definition) is 1. The molecule has 1 aliphatic carbocycles. The smallest absolute Gasteiger partial charge is 0.230 e. The molecule has 2 aromatic heterocycles. The third-order valence-corrected chi connectivity index (χ3v) is 6.96. The molecular weight excluding hydrogens is 346 g/mol. The van der Waals surface area contributed by atoms with E-state index in [0.717, 1.165) is 36.5 Å². The van der Waals surface area contributed by atoms with E-state index < -0.39 is 0 Å². The number of thiophene rings is 1. The molecule has 2 aliphatic rings. The summed E-state index contributed by atoms with van der Waals surface area (Å²) in [7, 11) is 0. The molecule has 1 amide bonds. The van der Waals surface area contributed by atoms with Crippen LogP contribution < -0.4 is 5.32 Å². The zero-order valence-corrected chi connectivity index (χ0v) is 16.6. The van der Waals surface area contributed by atoms with Gasteiger partial charge < -0.3 is 14.7 Å². The van der Waals surface area contributed by atoms with Gasteiger partial charge in [-0.2, -0.15) is 11.3 Å². The SMILES string of the molecule is Cc1noc(C)c1[C@@H](C)C(=O)N(Cc1ccsc1)[C@@H]1CC12CCNCC2. The molecule has 6 heteroatoms. The first kappa shape index (κ1) is 17.7. The summed E-state index contributed by atoms with van der Waals surface area (Å²) in [6.07, 6.45) is 3.48. The van der Waals surface area contributed by atoms with Crippen molar-refractivity contribution in [2.75, 3.05) is 13.1 Å². The Morgan fingerprint density at radius 1 is 1.46 bits per heavy atom. The second-order valence-electron chi connectivity index (χ2n) is 7.89. The Balaban J connectivity index is 1.59. The summed E-state index contributed by atoms with van der Waals surface area (Å²) in [6, 6.07) is 2.49.